The quantitative estimate of drug-likeness (QED) is 0.580. The normalized spacial score (nSPS) is 16.4. The van der Waals surface area contributed by atoms with Gasteiger partial charge in [-0.3, -0.25) is 14.5 Å². The number of thioether (sulfide) groups is 1. The van der Waals surface area contributed by atoms with E-state index in [4.69, 9.17) is 0 Å². The monoisotopic (exact) mass is 365 g/mol. The average molecular weight is 365 g/mol. The molecule has 2 amide bonds. The van der Waals surface area contributed by atoms with Crippen LogP contribution in [-0.4, -0.2) is 16.0 Å². The van der Waals surface area contributed by atoms with Crippen molar-refractivity contribution >= 4 is 51.1 Å². The van der Waals surface area contributed by atoms with E-state index in [0.29, 0.717) is 11.4 Å². The minimum absolute atomic E-state index is 0.211. The molecule has 25 heavy (non-hydrogen) atoms. The van der Waals surface area contributed by atoms with Crippen molar-refractivity contribution in [1.82, 2.24) is 4.90 Å². The Hall–Kier alpha value is -2.37. The van der Waals surface area contributed by atoms with E-state index in [1.165, 1.54) is 9.78 Å². The number of rotatable bonds is 3. The van der Waals surface area contributed by atoms with Crippen molar-refractivity contribution in [3.05, 3.63) is 74.8 Å². The van der Waals surface area contributed by atoms with E-state index in [0.717, 1.165) is 33.0 Å². The summed E-state index contributed by atoms with van der Waals surface area (Å²) in [6.45, 7) is 2.32. The lowest BCUT2D eigenvalue weighted by molar-refractivity contribution is -0.123. The highest BCUT2D eigenvalue weighted by Crippen LogP contribution is 2.35. The van der Waals surface area contributed by atoms with Gasteiger partial charge in [-0.25, -0.2) is 0 Å². The molecule has 1 aromatic heterocycles. The molecule has 0 aliphatic carbocycles. The standard InChI is InChI=1S/C20H15NO2S2/c1-13-9-10-16(24-13)11-18-19(22)21(20(23)25-18)12-15-7-4-6-14-5-2-3-8-17(14)15/h2-11H,12H2,1H3/b18-11-. The van der Waals surface area contributed by atoms with E-state index < -0.39 is 0 Å². The molecule has 2 aromatic carbocycles. The van der Waals surface area contributed by atoms with E-state index in [1.54, 1.807) is 11.3 Å². The molecule has 0 spiro atoms. The van der Waals surface area contributed by atoms with Gasteiger partial charge in [-0.05, 0) is 53.2 Å². The van der Waals surface area contributed by atoms with Crippen molar-refractivity contribution in [2.45, 2.75) is 13.5 Å². The third kappa shape index (κ3) is 3.13. The second-order valence-corrected chi connectivity index (χ2v) is 8.17. The molecule has 0 saturated carbocycles. The molecule has 0 bridgehead atoms. The van der Waals surface area contributed by atoms with Gasteiger partial charge in [-0.15, -0.1) is 11.3 Å². The third-order valence-electron chi connectivity index (χ3n) is 4.12. The molecule has 0 N–H and O–H groups in total. The molecule has 4 rings (SSSR count). The van der Waals surface area contributed by atoms with E-state index in [1.807, 2.05) is 67.6 Å². The topological polar surface area (TPSA) is 37.4 Å². The molecule has 0 atom stereocenters. The molecular weight excluding hydrogens is 350 g/mol. The predicted octanol–water partition coefficient (Wildman–Crippen LogP) is 5.45. The number of benzene rings is 2. The number of nitrogens with zero attached hydrogens (tertiary/aromatic N) is 1. The largest absolute Gasteiger partial charge is 0.293 e. The zero-order valence-corrected chi connectivity index (χ0v) is 15.2. The highest BCUT2D eigenvalue weighted by molar-refractivity contribution is 8.18. The number of fused-ring (bicyclic) bond motifs is 1. The molecule has 1 aliphatic heterocycles. The Labute approximate surface area is 154 Å². The number of hydrogen-bond donors (Lipinski definition) is 0. The SMILES string of the molecule is Cc1ccc(/C=C2\SC(=O)N(Cc3cccc4ccccc34)C2=O)s1. The summed E-state index contributed by atoms with van der Waals surface area (Å²) in [7, 11) is 0. The Kier molecular flexibility index (Phi) is 4.19. The van der Waals surface area contributed by atoms with Gasteiger partial charge in [0.1, 0.15) is 0 Å². The average Bonchev–Trinajstić information content (AvgIpc) is 3.13. The molecule has 0 radical (unpaired) electrons. The Bertz CT molecular complexity index is 1010. The summed E-state index contributed by atoms with van der Waals surface area (Å²) >= 11 is 2.63. The summed E-state index contributed by atoms with van der Waals surface area (Å²) in [6.07, 6.45) is 1.81. The zero-order valence-electron chi connectivity index (χ0n) is 13.6. The van der Waals surface area contributed by atoms with E-state index in [9.17, 15) is 9.59 Å². The number of thiophene rings is 1. The lowest BCUT2D eigenvalue weighted by Gasteiger charge is -2.14. The highest BCUT2D eigenvalue weighted by atomic mass is 32.2. The minimum atomic E-state index is -0.214. The van der Waals surface area contributed by atoms with Crippen molar-refractivity contribution in [3.63, 3.8) is 0 Å². The van der Waals surface area contributed by atoms with Crippen molar-refractivity contribution in [1.29, 1.82) is 0 Å². The first kappa shape index (κ1) is 16.1. The van der Waals surface area contributed by atoms with Gasteiger partial charge in [0.15, 0.2) is 0 Å². The second kappa shape index (κ2) is 6.50. The maximum absolute atomic E-state index is 12.7. The molecule has 1 saturated heterocycles. The zero-order chi connectivity index (χ0) is 17.4. The fraction of sp³-hybridized carbons (Fsp3) is 0.100. The number of aryl methyl sites for hydroxylation is 1. The van der Waals surface area contributed by atoms with Crippen LogP contribution in [0.1, 0.15) is 15.3 Å². The van der Waals surface area contributed by atoms with Crippen LogP contribution in [0.4, 0.5) is 4.79 Å². The lowest BCUT2D eigenvalue weighted by Crippen LogP contribution is -2.27. The third-order valence-corrected chi connectivity index (χ3v) is 5.97. The van der Waals surface area contributed by atoms with Gasteiger partial charge in [-0.2, -0.15) is 0 Å². The highest BCUT2D eigenvalue weighted by Gasteiger charge is 2.35. The number of imide groups is 1. The van der Waals surface area contributed by atoms with Crippen molar-refractivity contribution in [2.24, 2.45) is 0 Å². The summed E-state index contributed by atoms with van der Waals surface area (Å²) in [4.78, 5) is 29.0. The molecule has 5 heteroatoms. The number of carbonyl (C=O) groups is 2. The van der Waals surface area contributed by atoms with Crippen LogP contribution in [0, 0.1) is 6.92 Å². The minimum Gasteiger partial charge on any atom is -0.268 e. The predicted molar refractivity (Wildman–Crippen MR) is 105 cm³/mol. The first-order valence-corrected chi connectivity index (χ1v) is 9.53. The second-order valence-electron chi connectivity index (χ2n) is 5.85. The van der Waals surface area contributed by atoms with Crippen molar-refractivity contribution < 1.29 is 9.59 Å². The first-order valence-electron chi connectivity index (χ1n) is 7.90. The fourth-order valence-electron chi connectivity index (χ4n) is 2.90. The molecule has 3 nitrogen and oxygen atoms in total. The van der Waals surface area contributed by atoms with E-state index >= 15 is 0 Å². The van der Waals surface area contributed by atoms with Crippen LogP contribution in [0.2, 0.25) is 0 Å². The maximum atomic E-state index is 12.7. The van der Waals surface area contributed by atoms with Gasteiger partial charge in [0, 0.05) is 9.75 Å². The molecule has 0 unspecified atom stereocenters. The molecule has 1 fully saturated rings. The van der Waals surface area contributed by atoms with Gasteiger partial charge in [-0.1, -0.05) is 42.5 Å². The molecule has 124 valence electrons. The maximum Gasteiger partial charge on any atom is 0.293 e. The Morgan fingerprint density at radius 1 is 1.00 bits per heavy atom. The van der Waals surface area contributed by atoms with E-state index in [-0.39, 0.29) is 11.1 Å². The summed E-state index contributed by atoms with van der Waals surface area (Å²) in [5, 5.41) is 1.97. The van der Waals surface area contributed by atoms with Crippen LogP contribution in [0.15, 0.2) is 59.5 Å². The van der Waals surface area contributed by atoms with Gasteiger partial charge < -0.3 is 0 Å². The van der Waals surface area contributed by atoms with Crippen LogP contribution in [0.3, 0.4) is 0 Å². The van der Waals surface area contributed by atoms with Crippen LogP contribution in [0.5, 0.6) is 0 Å². The fourth-order valence-corrected chi connectivity index (χ4v) is 4.62. The van der Waals surface area contributed by atoms with Crippen LogP contribution in [-0.2, 0) is 11.3 Å². The number of carbonyl (C=O) groups excluding carboxylic acids is 2. The summed E-state index contributed by atoms with van der Waals surface area (Å²) in [5.41, 5.74) is 0.980. The summed E-state index contributed by atoms with van der Waals surface area (Å²) in [6, 6.07) is 18.0. The van der Waals surface area contributed by atoms with Crippen LogP contribution >= 0.6 is 23.1 Å². The van der Waals surface area contributed by atoms with Gasteiger partial charge >= 0.3 is 0 Å². The van der Waals surface area contributed by atoms with E-state index in [2.05, 4.69) is 0 Å². The Balaban J connectivity index is 1.63. The Morgan fingerprint density at radius 3 is 2.60 bits per heavy atom. The number of amides is 2. The summed E-state index contributed by atoms with van der Waals surface area (Å²) in [5.74, 6) is -0.214. The lowest BCUT2D eigenvalue weighted by atomic mass is 10.0. The van der Waals surface area contributed by atoms with Gasteiger partial charge in [0.25, 0.3) is 11.1 Å². The first-order chi connectivity index (χ1) is 12.1. The Morgan fingerprint density at radius 2 is 1.80 bits per heavy atom. The van der Waals surface area contributed by atoms with Gasteiger partial charge in [0.2, 0.25) is 0 Å². The molecular formula is C20H15NO2S2. The number of hydrogen-bond acceptors (Lipinski definition) is 4. The summed E-state index contributed by atoms with van der Waals surface area (Å²) < 4.78 is 0. The molecule has 2 heterocycles. The van der Waals surface area contributed by atoms with Crippen molar-refractivity contribution in [2.75, 3.05) is 0 Å². The molecule has 1 aliphatic rings. The van der Waals surface area contributed by atoms with Gasteiger partial charge in [0.05, 0.1) is 11.4 Å². The van der Waals surface area contributed by atoms with Crippen molar-refractivity contribution in [3.8, 4) is 0 Å². The molecule has 3 aromatic rings. The van der Waals surface area contributed by atoms with Crippen LogP contribution in [0.25, 0.3) is 16.8 Å². The smallest absolute Gasteiger partial charge is 0.268 e. The van der Waals surface area contributed by atoms with Crippen LogP contribution < -0.4 is 0 Å².